The fraction of sp³-hybridized carbons (Fsp3) is 0.654. The van der Waals surface area contributed by atoms with Crippen LogP contribution in [-0.2, 0) is 9.53 Å². The van der Waals surface area contributed by atoms with Crippen molar-refractivity contribution in [1.82, 2.24) is 0 Å². The van der Waals surface area contributed by atoms with E-state index in [1.807, 2.05) is 6.07 Å². The fourth-order valence-electron chi connectivity index (χ4n) is 6.75. The van der Waals surface area contributed by atoms with E-state index in [2.05, 4.69) is 36.9 Å². The smallest absolute Gasteiger partial charge is 0.315 e. The summed E-state index contributed by atoms with van der Waals surface area (Å²) in [6, 6.07) is 8.32. The third-order valence-electron chi connectivity index (χ3n) is 8.58. The molecule has 0 unspecified atom stereocenters. The molecule has 0 spiro atoms. The van der Waals surface area contributed by atoms with E-state index in [0.717, 1.165) is 51.3 Å². The molecule has 2 aliphatic carbocycles. The molecule has 1 aromatic rings. The summed E-state index contributed by atoms with van der Waals surface area (Å²) >= 11 is 0. The Labute approximate surface area is 186 Å². The van der Waals surface area contributed by atoms with Crippen LogP contribution in [-0.4, -0.2) is 51.9 Å². The highest BCUT2D eigenvalue weighted by Crippen LogP contribution is 2.54. The molecule has 0 radical (unpaired) electrons. The number of benzene rings is 1. The molecule has 168 valence electrons. The minimum atomic E-state index is 0.0649. The minimum absolute atomic E-state index is 0.0649. The molecule has 4 atom stereocenters. The van der Waals surface area contributed by atoms with Gasteiger partial charge in [-0.3, -0.25) is 4.79 Å². The standard InChI is InChI=1S/C26H36N2O3/c1-18-6-5-9-26(2)16-24-21(15-23(18)26)22(25(29)31-24)17-27-10-12-28(13-11-27)19-7-4-8-20(14-19)30-3/h4,7-8,14,21-22,24H,5-6,9-13,15-17H2,1-3H3/p+1/t21-,22+,24-,26-/m1/s1. The number of fused-ring (bicyclic) bond motifs is 2. The highest BCUT2D eigenvalue weighted by Gasteiger charge is 2.54. The first-order valence-corrected chi connectivity index (χ1v) is 12.1. The Bertz CT molecular complexity index is 873. The maximum absolute atomic E-state index is 12.9. The van der Waals surface area contributed by atoms with Crippen molar-refractivity contribution in [3.05, 3.63) is 35.4 Å². The van der Waals surface area contributed by atoms with Crippen molar-refractivity contribution in [2.75, 3.05) is 44.7 Å². The number of methoxy groups -OCH3 is 1. The number of rotatable bonds is 4. The molecule has 2 aliphatic heterocycles. The van der Waals surface area contributed by atoms with Crippen LogP contribution in [0.3, 0.4) is 0 Å². The van der Waals surface area contributed by atoms with Gasteiger partial charge in [0, 0.05) is 17.7 Å². The Morgan fingerprint density at radius 1 is 1.29 bits per heavy atom. The van der Waals surface area contributed by atoms with Gasteiger partial charge in [-0.15, -0.1) is 0 Å². The second-order valence-electron chi connectivity index (χ2n) is 10.5. The monoisotopic (exact) mass is 425 g/mol. The summed E-state index contributed by atoms with van der Waals surface area (Å²) in [5, 5.41) is 0. The Hall–Kier alpha value is -2.01. The normalized spacial score (nSPS) is 33.7. The molecule has 2 heterocycles. The number of ether oxygens (including phenoxy) is 2. The van der Waals surface area contributed by atoms with Crippen LogP contribution in [0, 0.1) is 17.3 Å². The number of hydrogen-bond donors (Lipinski definition) is 1. The summed E-state index contributed by atoms with van der Waals surface area (Å²) in [5.74, 6) is 1.42. The van der Waals surface area contributed by atoms with E-state index in [1.54, 1.807) is 23.2 Å². The van der Waals surface area contributed by atoms with E-state index in [9.17, 15) is 4.79 Å². The maximum Gasteiger partial charge on any atom is 0.315 e. The molecule has 5 nitrogen and oxygen atoms in total. The molecule has 1 N–H and O–H groups in total. The van der Waals surface area contributed by atoms with Gasteiger partial charge in [-0.2, -0.15) is 0 Å². The molecule has 4 aliphatic rings. The quantitative estimate of drug-likeness (QED) is 0.595. The van der Waals surface area contributed by atoms with Crippen LogP contribution in [0.4, 0.5) is 5.69 Å². The lowest BCUT2D eigenvalue weighted by Gasteiger charge is -2.45. The molecular weight excluding hydrogens is 388 g/mol. The van der Waals surface area contributed by atoms with Crippen molar-refractivity contribution < 1.29 is 19.2 Å². The zero-order valence-electron chi connectivity index (χ0n) is 19.3. The van der Waals surface area contributed by atoms with Crippen molar-refractivity contribution in [2.24, 2.45) is 17.3 Å². The first kappa shape index (κ1) is 20.9. The van der Waals surface area contributed by atoms with E-state index in [1.165, 1.54) is 24.9 Å². The van der Waals surface area contributed by atoms with Crippen molar-refractivity contribution in [3.63, 3.8) is 0 Å². The lowest BCUT2D eigenvalue weighted by molar-refractivity contribution is -0.903. The zero-order valence-corrected chi connectivity index (χ0v) is 19.3. The first-order chi connectivity index (χ1) is 15.0. The van der Waals surface area contributed by atoms with Gasteiger partial charge in [-0.05, 0) is 56.6 Å². The minimum Gasteiger partial charge on any atom is -0.497 e. The molecule has 5 rings (SSSR count). The fourth-order valence-corrected chi connectivity index (χ4v) is 6.75. The average molecular weight is 426 g/mol. The second-order valence-corrected chi connectivity index (χ2v) is 10.5. The number of nitrogens with one attached hydrogen (secondary N) is 1. The number of allylic oxidation sites excluding steroid dienone is 2. The summed E-state index contributed by atoms with van der Waals surface area (Å²) < 4.78 is 11.4. The van der Waals surface area contributed by atoms with E-state index in [0.29, 0.717) is 5.92 Å². The number of hydrogen-bond acceptors (Lipinski definition) is 4. The van der Waals surface area contributed by atoms with Gasteiger partial charge < -0.3 is 19.3 Å². The number of piperazine rings is 1. The summed E-state index contributed by atoms with van der Waals surface area (Å²) in [6.07, 6.45) is 6.01. The van der Waals surface area contributed by atoms with Crippen LogP contribution < -0.4 is 14.5 Å². The zero-order chi connectivity index (χ0) is 21.6. The van der Waals surface area contributed by atoms with Crippen LogP contribution in [0.1, 0.15) is 46.0 Å². The largest absolute Gasteiger partial charge is 0.497 e. The topological polar surface area (TPSA) is 43.2 Å². The third kappa shape index (κ3) is 3.86. The summed E-state index contributed by atoms with van der Waals surface area (Å²) in [6.45, 7) is 9.82. The molecule has 0 bridgehead atoms. The SMILES string of the molecule is COc1cccc(N2CC[NH+](C[C@@H]3C(=O)O[C@@H]4C[C@@]5(C)CCCC(C)=C5C[C@H]34)CC2)c1. The first-order valence-electron chi connectivity index (χ1n) is 12.1. The van der Waals surface area contributed by atoms with Gasteiger partial charge in [-0.25, -0.2) is 0 Å². The molecule has 2 saturated heterocycles. The van der Waals surface area contributed by atoms with E-state index in [-0.39, 0.29) is 23.4 Å². The Kier molecular flexibility index (Phi) is 5.49. The van der Waals surface area contributed by atoms with Crippen molar-refractivity contribution in [1.29, 1.82) is 0 Å². The number of nitrogens with zero attached hydrogens (tertiary/aromatic N) is 1. The van der Waals surface area contributed by atoms with Crippen LogP contribution >= 0.6 is 0 Å². The molecule has 0 amide bonds. The summed E-state index contributed by atoms with van der Waals surface area (Å²) in [5.41, 5.74) is 4.73. The molecule has 0 aromatic heterocycles. The molecule has 1 saturated carbocycles. The third-order valence-corrected chi connectivity index (χ3v) is 8.58. The number of quaternary nitrogens is 1. The number of carbonyl (C=O) groups is 1. The van der Waals surface area contributed by atoms with Crippen molar-refractivity contribution in [2.45, 2.75) is 52.1 Å². The number of anilines is 1. The molecule has 31 heavy (non-hydrogen) atoms. The number of esters is 1. The Morgan fingerprint density at radius 3 is 2.87 bits per heavy atom. The van der Waals surface area contributed by atoms with E-state index in [4.69, 9.17) is 9.47 Å². The highest BCUT2D eigenvalue weighted by atomic mass is 16.6. The Morgan fingerprint density at radius 2 is 2.10 bits per heavy atom. The molecule has 5 heteroatoms. The number of carbonyl (C=O) groups excluding carboxylic acids is 1. The maximum atomic E-state index is 12.9. The van der Waals surface area contributed by atoms with Gasteiger partial charge in [0.1, 0.15) is 17.8 Å². The van der Waals surface area contributed by atoms with Gasteiger partial charge in [0.05, 0.1) is 39.8 Å². The van der Waals surface area contributed by atoms with Gasteiger partial charge >= 0.3 is 5.97 Å². The average Bonchev–Trinajstić information content (AvgIpc) is 3.06. The van der Waals surface area contributed by atoms with Crippen molar-refractivity contribution >= 4 is 11.7 Å². The molecule has 3 fully saturated rings. The van der Waals surface area contributed by atoms with Gasteiger partial charge in [0.15, 0.2) is 0 Å². The lowest BCUT2D eigenvalue weighted by atomic mass is 9.59. The summed E-state index contributed by atoms with van der Waals surface area (Å²) in [4.78, 5) is 16.9. The second kappa shape index (κ2) is 8.16. The van der Waals surface area contributed by atoms with Gasteiger partial charge in [-0.1, -0.05) is 24.1 Å². The van der Waals surface area contributed by atoms with Crippen molar-refractivity contribution in [3.8, 4) is 5.75 Å². The van der Waals surface area contributed by atoms with E-state index >= 15 is 0 Å². The van der Waals surface area contributed by atoms with Crippen LogP contribution in [0.25, 0.3) is 0 Å². The van der Waals surface area contributed by atoms with Gasteiger partial charge in [0.25, 0.3) is 0 Å². The molecular formula is C26H37N2O3+. The predicted octanol–water partition coefficient (Wildman–Crippen LogP) is 2.86. The lowest BCUT2D eigenvalue weighted by Crippen LogP contribution is -3.15. The van der Waals surface area contributed by atoms with E-state index < -0.39 is 0 Å². The van der Waals surface area contributed by atoms with Gasteiger partial charge in [0.2, 0.25) is 0 Å². The predicted molar refractivity (Wildman–Crippen MR) is 122 cm³/mol. The van der Waals surface area contributed by atoms with Crippen LogP contribution in [0.2, 0.25) is 0 Å². The molecule has 1 aromatic carbocycles. The van der Waals surface area contributed by atoms with Crippen LogP contribution in [0.5, 0.6) is 5.75 Å². The Balaban J connectivity index is 1.23. The van der Waals surface area contributed by atoms with Crippen LogP contribution in [0.15, 0.2) is 35.4 Å². The summed E-state index contributed by atoms with van der Waals surface area (Å²) in [7, 11) is 1.72. The highest BCUT2D eigenvalue weighted by molar-refractivity contribution is 5.75.